The fourth-order valence-electron chi connectivity index (χ4n) is 2.40. The lowest BCUT2D eigenvalue weighted by atomic mass is 10.1. The van der Waals surface area contributed by atoms with Crippen molar-refractivity contribution in [2.24, 2.45) is 5.92 Å². The fraction of sp³-hybridized carbons (Fsp3) is 0.300. The maximum atomic E-state index is 12.4. The Balaban J connectivity index is 2.09. The molecule has 0 fully saturated rings. The molecule has 0 saturated carbocycles. The van der Waals surface area contributed by atoms with Crippen molar-refractivity contribution in [3.63, 3.8) is 0 Å². The van der Waals surface area contributed by atoms with Crippen molar-refractivity contribution >= 4 is 17.5 Å². The Morgan fingerprint density at radius 2 is 1.72 bits per heavy atom. The molecular weight excluding hydrogens is 316 g/mol. The maximum absolute atomic E-state index is 12.4. The van der Waals surface area contributed by atoms with E-state index in [1.165, 1.54) is 0 Å². The highest BCUT2D eigenvalue weighted by Crippen LogP contribution is 2.20. The summed E-state index contributed by atoms with van der Waals surface area (Å²) in [5.41, 5.74) is 1.75. The third-order valence-corrected chi connectivity index (χ3v) is 3.66. The molecule has 0 aromatic heterocycles. The number of rotatable bonds is 7. The second kappa shape index (κ2) is 8.87. The monoisotopic (exact) mass is 340 g/mol. The van der Waals surface area contributed by atoms with Gasteiger partial charge in [-0.15, -0.1) is 0 Å². The van der Waals surface area contributed by atoms with Gasteiger partial charge in [0.05, 0.1) is 24.8 Å². The van der Waals surface area contributed by atoms with Gasteiger partial charge in [0, 0.05) is 12.1 Å². The molecule has 0 aliphatic heterocycles. The summed E-state index contributed by atoms with van der Waals surface area (Å²) in [5.74, 6) is 0.632. The van der Waals surface area contributed by atoms with Gasteiger partial charge in [-0.05, 0) is 24.1 Å². The van der Waals surface area contributed by atoms with E-state index in [0.29, 0.717) is 29.5 Å². The first-order valence-electron chi connectivity index (χ1n) is 8.30. The highest BCUT2D eigenvalue weighted by atomic mass is 16.5. The lowest BCUT2D eigenvalue weighted by Crippen LogP contribution is -2.28. The van der Waals surface area contributed by atoms with Gasteiger partial charge in [-0.3, -0.25) is 9.59 Å². The molecule has 0 aliphatic rings. The fourth-order valence-corrected chi connectivity index (χ4v) is 2.40. The standard InChI is InChI=1S/C20H24N2O3/c1-14(2)13-21-20(24)16-9-5-6-10-17(16)22-19(23)12-15-8-4-7-11-18(15)25-3/h4-11,14H,12-13H2,1-3H3,(H,21,24)(H,22,23). The van der Waals surface area contributed by atoms with E-state index < -0.39 is 0 Å². The van der Waals surface area contributed by atoms with Gasteiger partial charge in [-0.25, -0.2) is 0 Å². The normalized spacial score (nSPS) is 10.4. The number of carbonyl (C=O) groups is 2. The Morgan fingerprint density at radius 1 is 1.04 bits per heavy atom. The van der Waals surface area contributed by atoms with Gasteiger partial charge in [-0.2, -0.15) is 0 Å². The van der Waals surface area contributed by atoms with E-state index in [9.17, 15) is 9.59 Å². The van der Waals surface area contributed by atoms with E-state index in [1.807, 2.05) is 38.1 Å². The van der Waals surface area contributed by atoms with E-state index in [4.69, 9.17) is 4.74 Å². The first kappa shape index (κ1) is 18.5. The number of hydrogen-bond donors (Lipinski definition) is 2. The van der Waals surface area contributed by atoms with Crippen molar-refractivity contribution in [1.29, 1.82) is 0 Å². The number of hydrogen-bond acceptors (Lipinski definition) is 3. The lowest BCUT2D eigenvalue weighted by Gasteiger charge is -2.13. The summed E-state index contributed by atoms with van der Waals surface area (Å²) in [6.45, 7) is 4.64. The molecule has 0 saturated heterocycles. The molecule has 5 nitrogen and oxygen atoms in total. The number of amides is 2. The van der Waals surface area contributed by atoms with E-state index in [0.717, 1.165) is 5.56 Å². The number of para-hydroxylation sites is 2. The molecular formula is C20H24N2O3. The Labute approximate surface area is 148 Å². The quantitative estimate of drug-likeness (QED) is 0.813. The highest BCUT2D eigenvalue weighted by Gasteiger charge is 2.14. The molecule has 5 heteroatoms. The average molecular weight is 340 g/mol. The van der Waals surface area contributed by atoms with Crippen LogP contribution in [-0.4, -0.2) is 25.5 Å². The van der Waals surface area contributed by atoms with Crippen LogP contribution in [0.3, 0.4) is 0 Å². The summed E-state index contributed by atoms with van der Waals surface area (Å²) in [7, 11) is 1.57. The molecule has 0 aliphatic carbocycles. The van der Waals surface area contributed by atoms with Gasteiger partial charge in [-0.1, -0.05) is 44.2 Å². The van der Waals surface area contributed by atoms with Gasteiger partial charge in [0.25, 0.3) is 5.91 Å². The van der Waals surface area contributed by atoms with E-state index in [1.54, 1.807) is 31.4 Å². The predicted molar refractivity (Wildman–Crippen MR) is 98.9 cm³/mol. The van der Waals surface area contributed by atoms with Crippen LogP contribution in [-0.2, 0) is 11.2 Å². The molecule has 2 N–H and O–H groups in total. The van der Waals surface area contributed by atoms with Crippen LogP contribution in [0.2, 0.25) is 0 Å². The number of nitrogens with one attached hydrogen (secondary N) is 2. The smallest absolute Gasteiger partial charge is 0.253 e. The maximum Gasteiger partial charge on any atom is 0.253 e. The number of anilines is 1. The highest BCUT2D eigenvalue weighted by molar-refractivity contribution is 6.04. The molecule has 0 unspecified atom stereocenters. The summed E-state index contributed by atoms with van der Waals surface area (Å²) in [6, 6.07) is 14.4. The summed E-state index contributed by atoms with van der Waals surface area (Å²) in [6.07, 6.45) is 0.173. The third-order valence-electron chi connectivity index (χ3n) is 3.66. The van der Waals surface area contributed by atoms with Crippen LogP contribution < -0.4 is 15.4 Å². The summed E-state index contributed by atoms with van der Waals surface area (Å²) < 4.78 is 5.27. The van der Waals surface area contributed by atoms with Crippen LogP contribution in [0.1, 0.15) is 29.8 Å². The Kier molecular flexibility index (Phi) is 6.57. The van der Waals surface area contributed by atoms with Crippen molar-refractivity contribution in [2.75, 3.05) is 19.0 Å². The molecule has 0 spiro atoms. The minimum absolute atomic E-state index is 0.173. The van der Waals surface area contributed by atoms with Crippen LogP contribution in [0.4, 0.5) is 5.69 Å². The predicted octanol–water partition coefficient (Wildman–Crippen LogP) is 3.26. The molecule has 2 aromatic carbocycles. The first-order valence-corrected chi connectivity index (χ1v) is 8.30. The van der Waals surface area contributed by atoms with Crippen molar-refractivity contribution < 1.29 is 14.3 Å². The van der Waals surface area contributed by atoms with Crippen LogP contribution in [0, 0.1) is 5.92 Å². The molecule has 2 aromatic rings. The average Bonchev–Trinajstić information content (AvgIpc) is 2.60. The third kappa shape index (κ3) is 5.35. The minimum atomic E-state index is -0.200. The Morgan fingerprint density at radius 3 is 2.44 bits per heavy atom. The van der Waals surface area contributed by atoms with E-state index in [2.05, 4.69) is 10.6 Å². The molecule has 25 heavy (non-hydrogen) atoms. The topological polar surface area (TPSA) is 67.4 Å². The summed E-state index contributed by atoms with van der Waals surface area (Å²) in [4.78, 5) is 24.7. The van der Waals surface area contributed by atoms with Crippen LogP contribution in [0.25, 0.3) is 0 Å². The van der Waals surface area contributed by atoms with Gasteiger partial charge in [0.1, 0.15) is 5.75 Å². The Hall–Kier alpha value is -2.82. The first-order chi connectivity index (χ1) is 12.0. The van der Waals surface area contributed by atoms with E-state index in [-0.39, 0.29) is 18.2 Å². The largest absolute Gasteiger partial charge is 0.496 e. The number of methoxy groups -OCH3 is 1. The molecule has 0 atom stereocenters. The van der Waals surface area contributed by atoms with Crippen LogP contribution >= 0.6 is 0 Å². The molecule has 2 rings (SSSR count). The number of carbonyl (C=O) groups excluding carboxylic acids is 2. The van der Waals surface area contributed by atoms with Gasteiger partial charge >= 0.3 is 0 Å². The zero-order valence-corrected chi connectivity index (χ0v) is 14.8. The van der Waals surface area contributed by atoms with Crippen molar-refractivity contribution in [3.05, 3.63) is 59.7 Å². The number of ether oxygens (including phenoxy) is 1. The minimum Gasteiger partial charge on any atom is -0.496 e. The van der Waals surface area contributed by atoms with Crippen molar-refractivity contribution in [1.82, 2.24) is 5.32 Å². The molecule has 0 bridgehead atoms. The zero-order chi connectivity index (χ0) is 18.2. The second-order valence-corrected chi connectivity index (χ2v) is 6.19. The van der Waals surface area contributed by atoms with Gasteiger partial charge < -0.3 is 15.4 Å². The second-order valence-electron chi connectivity index (χ2n) is 6.19. The molecule has 132 valence electrons. The van der Waals surface area contributed by atoms with Crippen LogP contribution in [0.15, 0.2) is 48.5 Å². The Bertz CT molecular complexity index is 741. The summed E-state index contributed by atoms with van der Waals surface area (Å²) in [5, 5.41) is 5.69. The zero-order valence-electron chi connectivity index (χ0n) is 14.8. The lowest BCUT2D eigenvalue weighted by molar-refractivity contribution is -0.115. The van der Waals surface area contributed by atoms with Crippen LogP contribution in [0.5, 0.6) is 5.75 Å². The van der Waals surface area contributed by atoms with Gasteiger partial charge in [0.2, 0.25) is 5.91 Å². The summed E-state index contributed by atoms with van der Waals surface area (Å²) >= 11 is 0. The van der Waals surface area contributed by atoms with Gasteiger partial charge in [0.15, 0.2) is 0 Å². The van der Waals surface area contributed by atoms with Crippen molar-refractivity contribution in [3.8, 4) is 5.75 Å². The molecule has 0 radical (unpaired) electrons. The molecule has 2 amide bonds. The number of benzene rings is 2. The molecule has 0 heterocycles. The van der Waals surface area contributed by atoms with E-state index >= 15 is 0 Å². The van der Waals surface area contributed by atoms with Crippen molar-refractivity contribution in [2.45, 2.75) is 20.3 Å². The SMILES string of the molecule is COc1ccccc1CC(=O)Nc1ccccc1C(=O)NCC(C)C.